The molecule has 0 spiro atoms. The zero-order chi connectivity index (χ0) is 13.2. The molecule has 1 aromatic rings. The highest BCUT2D eigenvalue weighted by molar-refractivity contribution is 5.71. The molecule has 0 aliphatic rings. The quantitative estimate of drug-likeness (QED) is 0.883. The molecule has 0 bridgehead atoms. The lowest BCUT2D eigenvalue weighted by Gasteiger charge is -2.20. The highest BCUT2D eigenvalue weighted by Gasteiger charge is 2.20. The molecule has 4 heteroatoms. The molecular weight excluding hydrogens is 223 g/mol. The van der Waals surface area contributed by atoms with Gasteiger partial charge in [-0.2, -0.15) is 4.39 Å². The van der Waals surface area contributed by atoms with E-state index in [0.29, 0.717) is 0 Å². The van der Waals surface area contributed by atoms with Crippen LogP contribution in [0.1, 0.15) is 31.9 Å². The van der Waals surface area contributed by atoms with Crippen molar-refractivity contribution < 1.29 is 19.0 Å². The number of rotatable bonds is 3. The minimum atomic E-state index is -2.32. The van der Waals surface area contributed by atoms with Crippen molar-refractivity contribution in [1.82, 2.24) is 0 Å². The second-order valence-electron chi connectivity index (χ2n) is 5.00. The van der Waals surface area contributed by atoms with E-state index in [4.69, 9.17) is 9.84 Å². The molecule has 17 heavy (non-hydrogen) atoms. The van der Waals surface area contributed by atoms with Crippen molar-refractivity contribution >= 4 is 5.97 Å². The SMILES string of the molecule is Cc1cc(C(C)(C)C)ccc1OC(F)C(=O)O. The van der Waals surface area contributed by atoms with Crippen LogP contribution in [0.4, 0.5) is 4.39 Å². The minimum absolute atomic E-state index is 0.00873. The van der Waals surface area contributed by atoms with Gasteiger partial charge in [-0.25, -0.2) is 4.79 Å². The number of ether oxygens (including phenoxy) is 1. The first kappa shape index (κ1) is 13.5. The molecule has 0 saturated carbocycles. The van der Waals surface area contributed by atoms with Crippen LogP contribution in [-0.4, -0.2) is 17.4 Å². The largest absolute Gasteiger partial charge is 0.476 e. The maximum absolute atomic E-state index is 12.9. The van der Waals surface area contributed by atoms with Gasteiger partial charge < -0.3 is 9.84 Å². The lowest BCUT2D eigenvalue weighted by Crippen LogP contribution is -2.22. The van der Waals surface area contributed by atoms with Crippen molar-refractivity contribution in [2.75, 3.05) is 0 Å². The van der Waals surface area contributed by atoms with Crippen LogP contribution in [0, 0.1) is 6.92 Å². The molecule has 0 saturated heterocycles. The normalized spacial score (nSPS) is 13.2. The zero-order valence-electron chi connectivity index (χ0n) is 10.5. The molecule has 1 unspecified atom stereocenters. The Kier molecular flexibility index (Phi) is 3.76. The van der Waals surface area contributed by atoms with Crippen LogP contribution in [0.25, 0.3) is 0 Å². The van der Waals surface area contributed by atoms with E-state index < -0.39 is 12.3 Å². The maximum Gasteiger partial charge on any atom is 0.378 e. The molecule has 1 N–H and O–H groups in total. The Labute approximate surface area is 100 Å². The highest BCUT2D eigenvalue weighted by Crippen LogP contribution is 2.28. The number of carbonyl (C=O) groups is 1. The van der Waals surface area contributed by atoms with Gasteiger partial charge in [0.2, 0.25) is 0 Å². The topological polar surface area (TPSA) is 46.5 Å². The summed E-state index contributed by atoms with van der Waals surface area (Å²) in [5, 5.41) is 8.42. The molecule has 1 atom stereocenters. The molecule has 3 nitrogen and oxygen atoms in total. The molecule has 1 aromatic carbocycles. The summed E-state index contributed by atoms with van der Waals surface area (Å²) >= 11 is 0. The predicted molar refractivity (Wildman–Crippen MR) is 63.0 cm³/mol. The van der Waals surface area contributed by atoms with Gasteiger partial charge in [0.15, 0.2) is 0 Å². The molecule has 0 fully saturated rings. The van der Waals surface area contributed by atoms with E-state index in [1.54, 1.807) is 13.0 Å². The van der Waals surface area contributed by atoms with E-state index in [1.165, 1.54) is 0 Å². The van der Waals surface area contributed by atoms with Crippen LogP contribution in [0.2, 0.25) is 0 Å². The first-order chi connectivity index (χ1) is 7.71. The van der Waals surface area contributed by atoms with Crippen molar-refractivity contribution in [2.24, 2.45) is 0 Å². The molecular formula is C13H17FO3. The van der Waals surface area contributed by atoms with Crippen molar-refractivity contribution in [3.05, 3.63) is 29.3 Å². The van der Waals surface area contributed by atoms with Crippen LogP contribution in [0.15, 0.2) is 18.2 Å². The van der Waals surface area contributed by atoms with E-state index >= 15 is 0 Å². The Morgan fingerprint density at radius 3 is 2.41 bits per heavy atom. The van der Waals surface area contributed by atoms with Gasteiger partial charge in [0.25, 0.3) is 0 Å². The molecule has 0 amide bonds. The zero-order valence-corrected chi connectivity index (χ0v) is 10.5. The van der Waals surface area contributed by atoms with Gasteiger partial charge in [0, 0.05) is 0 Å². The second kappa shape index (κ2) is 4.73. The van der Waals surface area contributed by atoms with E-state index in [9.17, 15) is 9.18 Å². The molecule has 0 aliphatic heterocycles. The van der Waals surface area contributed by atoms with Crippen LogP contribution in [-0.2, 0) is 10.2 Å². The van der Waals surface area contributed by atoms with Crippen LogP contribution in [0.5, 0.6) is 5.75 Å². The fraction of sp³-hybridized carbons (Fsp3) is 0.462. The van der Waals surface area contributed by atoms with Gasteiger partial charge in [-0.1, -0.05) is 32.9 Å². The average Bonchev–Trinajstić information content (AvgIpc) is 2.19. The first-order valence-corrected chi connectivity index (χ1v) is 5.36. The Bertz CT molecular complexity index is 421. The maximum atomic E-state index is 12.9. The Morgan fingerprint density at radius 1 is 1.41 bits per heavy atom. The lowest BCUT2D eigenvalue weighted by atomic mass is 9.86. The number of carboxylic acids is 1. The smallest absolute Gasteiger partial charge is 0.378 e. The van der Waals surface area contributed by atoms with Crippen molar-refractivity contribution in [2.45, 2.75) is 39.5 Å². The summed E-state index contributed by atoms with van der Waals surface area (Å²) in [6.45, 7) is 7.96. The fourth-order valence-corrected chi connectivity index (χ4v) is 1.41. The first-order valence-electron chi connectivity index (χ1n) is 5.36. The highest BCUT2D eigenvalue weighted by atomic mass is 19.1. The number of benzene rings is 1. The number of carboxylic acid groups (broad SMARTS) is 1. The number of hydrogen-bond donors (Lipinski definition) is 1. The summed E-state index contributed by atoms with van der Waals surface area (Å²) in [6.07, 6.45) is -2.32. The van der Waals surface area contributed by atoms with Crippen LogP contribution < -0.4 is 4.74 Å². The number of aryl methyl sites for hydroxylation is 1. The van der Waals surface area contributed by atoms with Gasteiger partial charge in [0.05, 0.1) is 0 Å². The summed E-state index contributed by atoms with van der Waals surface area (Å²) in [5.74, 6) is -1.36. The molecule has 0 radical (unpaired) electrons. The number of halogens is 1. The summed E-state index contributed by atoms with van der Waals surface area (Å²) in [5.41, 5.74) is 1.81. The van der Waals surface area contributed by atoms with Crippen molar-refractivity contribution in [1.29, 1.82) is 0 Å². The Balaban J connectivity index is 2.95. The number of aliphatic carboxylic acids is 1. The molecule has 0 aromatic heterocycles. The van der Waals surface area contributed by atoms with E-state index in [-0.39, 0.29) is 11.2 Å². The predicted octanol–water partition coefficient (Wildman–Crippen LogP) is 3.05. The van der Waals surface area contributed by atoms with E-state index in [2.05, 4.69) is 20.8 Å². The number of hydrogen-bond acceptors (Lipinski definition) is 2. The summed E-state index contributed by atoms with van der Waals surface area (Å²) in [6, 6.07) is 5.30. The van der Waals surface area contributed by atoms with Crippen molar-refractivity contribution in [3.63, 3.8) is 0 Å². The molecule has 1 rings (SSSR count). The molecule has 94 valence electrons. The summed E-state index contributed by atoms with van der Waals surface area (Å²) in [4.78, 5) is 10.3. The lowest BCUT2D eigenvalue weighted by molar-refractivity contribution is -0.153. The Hall–Kier alpha value is -1.58. The second-order valence-corrected chi connectivity index (χ2v) is 5.00. The average molecular weight is 240 g/mol. The third-order valence-electron chi connectivity index (χ3n) is 2.47. The summed E-state index contributed by atoms with van der Waals surface area (Å²) < 4.78 is 17.6. The third-order valence-corrected chi connectivity index (χ3v) is 2.47. The van der Waals surface area contributed by atoms with Crippen LogP contribution >= 0.6 is 0 Å². The minimum Gasteiger partial charge on any atom is -0.476 e. The van der Waals surface area contributed by atoms with E-state index in [1.807, 2.05) is 12.1 Å². The molecule has 0 aliphatic carbocycles. The fourth-order valence-electron chi connectivity index (χ4n) is 1.41. The number of alkyl halides is 1. The van der Waals surface area contributed by atoms with Gasteiger partial charge in [-0.15, -0.1) is 0 Å². The Morgan fingerprint density at radius 2 is 2.00 bits per heavy atom. The van der Waals surface area contributed by atoms with Gasteiger partial charge in [0.1, 0.15) is 5.75 Å². The summed E-state index contributed by atoms with van der Waals surface area (Å²) in [7, 11) is 0. The third kappa shape index (κ3) is 3.44. The van der Waals surface area contributed by atoms with Crippen LogP contribution in [0.3, 0.4) is 0 Å². The van der Waals surface area contributed by atoms with Gasteiger partial charge in [-0.05, 0) is 29.5 Å². The molecule has 0 heterocycles. The monoisotopic (exact) mass is 240 g/mol. The van der Waals surface area contributed by atoms with Gasteiger partial charge in [-0.3, -0.25) is 0 Å². The standard InChI is InChI=1S/C13H17FO3/c1-8-7-9(13(2,3)4)5-6-10(8)17-11(14)12(15)16/h5-7,11H,1-4H3,(H,15,16). The van der Waals surface area contributed by atoms with E-state index in [0.717, 1.165) is 11.1 Å². The van der Waals surface area contributed by atoms with Gasteiger partial charge >= 0.3 is 12.3 Å². The van der Waals surface area contributed by atoms with Crippen molar-refractivity contribution in [3.8, 4) is 5.75 Å².